The van der Waals surface area contributed by atoms with Crippen LogP contribution in [0.5, 0.6) is 0 Å². The predicted octanol–water partition coefficient (Wildman–Crippen LogP) is 2.27. The number of hydrogen-bond donors (Lipinski definition) is 1. The van der Waals surface area contributed by atoms with E-state index in [-0.39, 0.29) is 0 Å². The summed E-state index contributed by atoms with van der Waals surface area (Å²) in [5, 5.41) is 9.11. The van der Waals surface area contributed by atoms with E-state index in [1.54, 1.807) is 18.3 Å². The fourth-order valence-corrected chi connectivity index (χ4v) is 1.72. The summed E-state index contributed by atoms with van der Waals surface area (Å²) < 4.78 is 0. The van der Waals surface area contributed by atoms with Crippen LogP contribution in [-0.2, 0) is 0 Å². The van der Waals surface area contributed by atoms with Crippen molar-refractivity contribution < 1.29 is 0 Å². The second-order valence-electron chi connectivity index (χ2n) is 4.22. The van der Waals surface area contributed by atoms with Crippen molar-refractivity contribution in [2.75, 3.05) is 24.7 Å². The fourth-order valence-electron chi connectivity index (χ4n) is 1.72. The van der Waals surface area contributed by atoms with E-state index in [2.05, 4.69) is 11.1 Å². The molecule has 1 heterocycles. The third-order valence-electron chi connectivity index (χ3n) is 2.68. The van der Waals surface area contributed by atoms with E-state index in [1.165, 1.54) is 0 Å². The van der Waals surface area contributed by atoms with Crippen molar-refractivity contribution in [2.24, 2.45) is 0 Å². The Morgan fingerprint density at radius 1 is 1.22 bits per heavy atom. The summed E-state index contributed by atoms with van der Waals surface area (Å²) >= 11 is 0. The molecule has 2 aromatic rings. The largest absolute Gasteiger partial charge is 0.399 e. The van der Waals surface area contributed by atoms with Crippen LogP contribution in [0.3, 0.4) is 0 Å². The van der Waals surface area contributed by atoms with Gasteiger partial charge in [-0.1, -0.05) is 6.07 Å². The molecule has 0 saturated carbocycles. The van der Waals surface area contributed by atoms with E-state index in [4.69, 9.17) is 11.0 Å². The first-order chi connectivity index (χ1) is 8.61. The average molecular weight is 238 g/mol. The number of nitriles is 1. The summed E-state index contributed by atoms with van der Waals surface area (Å²) in [6.07, 6.45) is 1.77. The molecule has 0 radical (unpaired) electrons. The van der Waals surface area contributed by atoms with Gasteiger partial charge in [-0.25, -0.2) is 4.98 Å². The first-order valence-corrected chi connectivity index (χ1v) is 5.55. The van der Waals surface area contributed by atoms with E-state index in [0.717, 1.165) is 16.9 Å². The van der Waals surface area contributed by atoms with Crippen LogP contribution >= 0.6 is 0 Å². The minimum Gasteiger partial charge on any atom is -0.399 e. The van der Waals surface area contributed by atoms with Crippen LogP contribution in [0.2, 0.25) is 0 Å². The number of nitrogens with two attached hydrogens (primary N) is 1. The van der Waals surface area contributed by atoms with E-state index in [0.29, 0.717) is 11.3 Å². The number of benzene rings is 1. The van der Waals surface area contributed by atoms with Gasteiger partial charge in [0.15, 0.2) is 0 Å². The number of nitrogens with zero attached hydrogens (tertiary/aromatic N) is 3. The average Bonchev–Trinajstić information content (AvgIpc) is 2.38. The van der Waals surface area contributed by atoms with Gasteiger partial charge >= 0.3 is 0 Å². The first-order valence-electron chi connectivity index (χ1n) is 5.55. The maximum absolute atomic E-state index is 9.11. The molecule has 90 valence electrons. The van der Waals surface area contributed by atoms with Crippen molar-refractivity contribution in [3.63, 3.8) is 0 Å². The molecule has 18 heavy (non-hydrogen) atoms. The van der Waals surface area contributed by atoms with Gasteiger partial charge in [0.25, 0.3) is 0 Å². The normalized spacial score (nSPS) is 9.83. The Labute approximate surface area is 106 Å². The molecule has 0 fully saturated rings. The number of rotatable bonds is 2. The molecule has 4 nitrogen and oxygen atoms in total. The number of pyridine rings is 1. The number of aromatic nitrogens is 1. The second kappa shape index (κ2) is 4.76. The molecule has 0 saturated heterocycles. The number of hydrogen-bond acceptors (Lipinski definition) is 4. The highest BCUT2D eigenvalue weighted by molar-refractivity contribution is 5.72. The Morgan fingerprint density at radius 3 is 2.56 bits per heavy atom. The van der Waals surface area contributed by atoms with Gasteiger partial charge in [0, 0.05) is 37.1 Å². The molecule has 0 amide bonds. The van der Waals surface area contributed by atoms with E-state index >= 15 is 0 Å². The smallest absolute Gasteiger partial charge is 0.127 e. The molecule has 0 aliphatic rings. The summed E-state index contributed by atoms with van der Waals surface area (Å²) in [6.45, 7) is 0. The highest BCUT2D eigenvalue weighted by atomic mass is 15.1. The minimum atomic E-state index is 0.564. The molecule has 1 aromatic heterocycles. The Balaban J connectivity index is 2.46. The SMILES string of the molecule is CN(C)c1ccc(-c2ccc(N)cc2C#N)cn1. The van der Waals surface area contributed by atoms with Gasteiger partial charge in [-0.15, -0.1) is 0 Å². The minimum absolute atomic E-state index is 0.564. The van der Waals surface area contributed by atoms with Gasteiger partial charge in [-0.05, 0) is 24.3 Å². The lowest BCUT2D eigenvalue weighted by Gasteiger charge is -2.11. The van der Waals surface area contributed by atoms with Crippen LogP contribution in [-0.4, -0.2) is 19.1 Å². The summed E-state index contributed by atoms with van der Waals surface area (Å²) in [7, 11) is 3.87. The van der Waals surface area contributed by atoms with E-state index in [9.17, 15) is 0 Å². The Kier molecular flexibility index (Phi) is 3.16. The molecule has 0 bridgehead atoms. The molecule has 1 aromatic carbocycles. The van der Waals surface area contributed by atoms with Crippen LogP contribution < -0.4 is 10.6 Å². The zero-order chi connectivity index (χ0) is 13.1. The molecule has 2 N–H and O–H groups in total. The van der Waals surface area contributed by atoms with Crippen molar-refractivity contribution in [1.82, 2.24) is 4.98 Å². The zero-order valence-corrected chi connectivity index (χ0v) is 10.4. The fraction of sp³-hybridized carbons (Fsp3) is 0.143. The van der Waals surface area contributed by atoms with Crippen molar-refractivity contribution in [2.45, 2.75) is 0 Å². The maximum atomic E-state index is 9.11. The van der Waals surface area contributed by atoms with Gasteiger partial charge in [0.1, 0.15) is 5.82 Å². The van der Waals surface area contributed by atoms with E-state index in [1.807, 2.05) is 37.2 Å². The lowest BCUT2D eigenvalue weighted by Crippen LogP contribution is -2.10. The number of nitrogen functional groups attached to an aromatic ring is 1. The van der Waals surface area contributed by atoms with Gasteiger partial charge in [0.2, 0.25) is 0 Å². The second-order valence-corrected chi connectivity index (χ2v) is 4.22. The molecule has 0 atom stereocenters. The van der Waals surface area contributed by atoms with Gasteiger partial charge in [-0.2, -0.15) is 5.26 Å². The van der Waals surface area contributed by atoms with Crippen LogP contribution in [0.4, 0.5) is 11.5 Å². The predicted molar refractivity (Wildman–Crippen MR) is 73.1 cm³/mol. The summed E-state index contributed by atoms with van der Waals surface area (Å²) in [5.74, 6) is 0.882. The highest BCUT2D eigenvalue weighted by Gasteiger charge is 2.06. The third-order valence-corrected chi connectivity index (χ3v) is 2.68. The van der Waals surface area contributed by atoms with Gasteiger partial charge < -0.3 is 10.6 Å². The van der Waals surface area contributed by atoms with Crippen molar-refractivity contribution >= 4 is 11.5 Å². The van der Waals surface area contributed by atoms with Crippen LogP contribution in [0.25, 0.3) is 11.1 Å². The van der Waals surface area contributed by atoms with Crippen LogP contribution in [0.1, 0.15) is 5.56 Å². The first kappa shape index (κ1) is 11.9. The highest BCUT2D eigenvalue weighted by Crippen LogP contribution is 2.25. The van der Waals surface area contributed by atoms with Crippen molar-refractivity contribution in [3.8, 4) is 17.2 Å². The summed E-state index contributed by atoms with van der Waals surface area (Å²) in [5.41, 5.74) is 8.59. The standard InChI is InChI=1S/C14H14N4/c1-18(2)14-6-3-10(9-17-14)13-5-4-12(16)7-11(13)8-15/h3-7,9H,16H2,1-2H3. The molecule has 0 aliphatic heterocycles. The third kappa shape index (κ3) is 2.25. The molecule has 4 heteroatoms. The quantitative estimate of drug-likeness (QED) is 0.815. The molecule has 2 rings (SSSR count). The van der Waals surface area contributed by atoms with E-state index < -0.39 is 0 Å². The summed E-state index contributed by atoms with van der Waals surface area (Å²) in [4.78, 5) is 6.27. The molecular weight excluding hydrogens is 224 g/mol. The zero-order valence-electron chi connectivity index (χ0n) is 10.4. The van der Waals surface area contributed by atoms with Crippen molar-refractivity contribution in [3.05, 3.63) is 42.1 Å². The van der Waals surface area contributed by atoms with Crippen LogP contribution in [0, 0.1) is 11.3 Å². The van der Waals surface area contributed by atoms with Gasteiger partial charge in [-0.3, -0.25) is 0 Å². The number of anilines is 2. The molecule has 0 spiro atoms. The lowest BCUT2D eigenvalue weighted by atomic mass is 10.0. The van der Waals surface area contributed by atoms with Gasteiger partial charge in [0.05, 0.1) is 11.6 Å². The topological polar surface area (TPSA) is 65.9 Å². The van der Waals surface area contributed by atoms with Crippen LogP contribution in [0.15, 0.2) is 36.5 Å². The van der Waals surface area contributed by atoms with Crippen molar-refractivity contribution in [1.29, 1.82) is 5.26 Å². The lowest BCUT2D eigenvalue weighted by molar-refractivity contribution is 1.07. The Hall–Kier alpha value is -2.54. The molecular formula is C14H14N4. The Bertz CT molecular complexity index is 594. The maximum Gasteiger partial charge on any atom is 0.127 e. The molecule has 0 aliphatic carbocycles. The molecule has 0 unspecified atom stereocenters. The monoisotopic (exact) mass is 238 g/mol. The summed E-state index contributed by atoms with van der Waals surface area (Å²) in [6, 6.07) is 11.3. The Morgan fingerprint density at radius 2 is 2.00 bits per heavy atom.